The third kappa shape index (κ3) is 3.96. The molecule has 9 aromatic rings. The highest BCUT2D eigenvalue weighted by atomic mass is 15.0. The van der Waals surface area contributed by atoms with E-state index in [4.69, 9.17) is 0 Å². The summed E-state index contributed by atoms with van der Waals surface area (Å²) in [5, 5.41) is 12.0. The Kier molecular flexibility index (Phi) is 5.94. The molecule has 2 heteroatoms. The first-order valence-electron chi connectivity index (χ1n) is 17.9. The van der Waals surface area contributed by atoms with Gasteiger partial charge in [0.1, 0.15) is 0 Å². The first kappa shape index (κ1) is 27.8. The highest BCUT2D eigenvalue weighted by Gasteiger charge is 2.21. The lowest BCUT2D eigenvalue weighted by molar-refractivity contribution is 0.695. The maximum Gasteiger partial charge on any atom is 0.0566 e. The molecule has 2 aliphatic carbocycles. The van der Waals surface area contributed by atoms with Crippen LogP contribution in [-0.2, 0) is 6.42 Å². The maximum absolute atomic E-state index is 2.58. The van der Waals surface area contributed by atoms with E-state index in [1.165, 1.54) is 92.8 Å². The van der Waals surface area contributed by atoms with Gasteiger partial charge in [0.05, 0.1) is 11.6 Å². The minimum Gasteiger partial charge on any atom is -0.333 e. The van der Waals surface area contributed by atoms with Gasteiger partial charge in [0.15, 0.2) is 0 Å². The number of aromatic nitrogens is 2. The van der Waals surface area contributed by atoms with Crippen molar-refractivity contribution in [2.75, 3.05) is 0 Å². The van der Waals surface area contributed by atoms with Crippen LogP contribution in [0.15, 0.2) is 146 Å². The fourth-order valence-corrected chi connectivity index (χ4v) is 9.10. The van der Waals surface area contributed by atoms with E-state index in [1.807, 2.05) is 0 Å². The van der Waals surface area contributed by atoms with Gasteiger partial charge >= 0.3 is 0 Å². The summed E-state index contributed by atoms with van der Waals surface area (Å²) in [6.45, 7) is 0. The second kappa shape index (κ2) is 10.7. The van der Waals surface area contributed by atoms with Gasteiger partial charge in [0.2, 0.25) is 0 Å². The fraction of sp³-hybridized carbons (Fsp3) is 0.0833. The van der Waals surface area contributed by atoms with Gasteiger partial charge in [0, 0.05) is 38.6 Å². The summed E-state index contributed by atoms with van der Waals surface area (Å²) < 4.78 is 5.03. The van der Waals surface area contributed by atoms with Gasteiger partial charge in [-0.3, -0.25) is 0 Å². The summed E-state index contributed by atoms with van der Waals surface area (Å²) in [5.41, 5.74) is 10.3. The van der Waals surface area contributed by atoms with Crippen LogP contribution in [0, 0.1) is 0 Å². The smallest absolute Gasteiger partial charge is 0.0566 e. The molecule has 2 heterocycles. The van der Waals surface area contributed by atoms with E-state index in [0.717, 1.165) is 19.3 Å². The maximum atomic E-state index is 2.58. The molecule has 0 aliphatic heterocycles. The normalized spacial score (nSPS) is 15.4. The number of para-hydroxylation sites is 2. The molecule has 0 spiro atoms. The number of allylic oxidation sites excluding steroid dienone is 1. The number of hydrogen-bond donors (Lipinski definition) is 0. The van der Waals surface area contributed by atoms with Crippen LogP contribution in [-0.4, -0.2) is 9.13 Å². The predicted octanol–water partition coefficient (Wildman–Crippen LogP) is 10.9. The summed E-state index contributed by atoms with van der Waals surface area (Å²) in [6, 6.07) is 52.0. The highest BCUT2D eigenvalue weighted by Crippen LogP contribution is 2.38. The molecule has 2 nitrogen and oxygen atoms in total. The molecule has 7 aromatic carbocycles. The molecule has 2 aromatic heterocycles. The van der Waals surface area contributed by atoms with Gasteiger partial charge in [-0.1, -0.05) is 121 Å². The third-order valence-corrected chi connectivity index (χ3v) is 11.3. The Balaban J connectivity index is 1.08. The van der Waals surface area contributed by atoms with Gasteiger partial charge < -0.3 is 9.13 Å². The SMILES string of the molecule is C1=Cc2c(c3ccccc3n2-c2cccc(-c3ccc4c(c3)c3ccccc3n4C3C=c4c(c5ccccc5c5ccccc45)=CC3)c2)CC1. The van der Waals surface area contributed by atoms with Crippen molar-refractivity contribution < 1.29 is 0 Å². The van der Waals surface area contributed by atoms with Crippen LogP contribution in [0.1, 0.15) is 30.1 Å². The molecular weight excluding hydrogens is 605 g/mol. The summed E-state index contributed by atoms with van der Waals surface area (Å²) in [4.78, 5) is 0. The van der Waals surface area contributed by atoms with Gasteiger partial charge in [-0.2, -0.15) is 0 Å². The molecule has 50 heavy (non-hydrogen) atoms. The van der Waals surface area contributed by atoms with Crippen LogP contribution in [0.4, 0.5) is 0 Å². The van der Waals surface area contributed by atoms with Crippen LogP contribution in [0.5, 0.6) is 0 Å². The highest BCUT2D eigenvalue weighted by molar-refractivity contribution is 6.11. The Hall–Kier alpha value is -6.12. The van der Waals surface area contributed by atoms with Crippen LogP contribution in [0.25, 0.3) is 89.3 Å². The first-order valence-corrected chi connectivity index (χ1v) is 17.9. The summed E-state index contributed by atoms with van der Waals surface area (Å²) in [6.07, 6.45) is 12.8. The van der Waals surface area contributed by atoms with E-state index in [2.05, 4.69) is 173 Å². The van der Waals surface area contributed by atoms with Crippen molar-refractivity contribution >= 4 is 72.5 Å². The molecule has 0 amide bonds. The second-order valence-electron chi connectivity index (χ2n) is 13.9. The van der Waals surface area contributed by atoms with Crippen LogP contribution in [0.3, 0.4) is 0 Å². The van der Waals surface area contributed by atoms with Crippen molar-refractivity contribution in [2.45, 2.75) is 25.3 Å². The van der Waals surface area contributed by atoms with Crippen LogP contribution >= 0.6 is 0 Å². The van der Waals surface area contributed by atoms with E-state index >= 15 is 0 Å². The number of benzene rings is 7. The lowest BCUT2D eigenvalue weighted by Crippen LogP contribution is -2.31. The molecule has 1 unspecified atom stereocenters. The van der Waals surface area contributed by atoms with Crippen molar-refractivity contribution in [3.05, 3.63) is 167 Å². The molecule has 0 fully saturated rings. The first-order chi connectivity index (χ1) is 24.8. The Labute approximate surface area is 290 Å². The van der Waals surface area contributed by atoms with Crippen molar-refractivity contribution in [3.8, 4) is 16.8 Å². The van der Waals surface area contributed by atoms with E-state index in [0.29, 0.717) is 0 Å². The Morgan fingerprint density at radius 3 is 1.98 bits per heavy atom. The molecule has 0 bridgehead atoms. The average Bonchev–Trinajstić information content (AvgIpc) is 3.71. The molecule has 0 N–H and O–H groups in total. The molecule has 2 aliphatic rings. The zero-order chi connectivity index (χ0) is 32.8. The summed E-state index contributed by atoms with van der Waals surface area (Å²) >= 11 is 0. The van der Waals surface area contributed by atoms with Gasteiger partial charge in [-0.15, -0.1) is 0 Å². The lowest BCUT2D eigenvalue weighted by Gasteiger charge is -2.21. The van der Waals surface area contributed by atoms with E-state index in [9.17, 15) is 0 Å². The molecule has 236 valence electrons. The number of nitrogens with zero attached hydrogens (tertiary/aromatic N) is 2. The molecule has 0 radical (unpaired) electrons. The number of hydrogen-bond acceptors (Lipinski definition) is 0. The van der Waals surface area contributed by atoms with Crippen molar-refractivity contribution in [2.24, 2.45) is 0 Å². The zero-order valence-electron chi connectivity index (χ0n) is 27.7. The summed E-state index contributed by atoms with van der Waals surface area (Å²) in [5.74, 6) is 0. The van der Waals surface area contributed by atoms with Gasteiger partial charge in [-0.05, 0) is 110 Å². The molecule has 1 atom stereocenters. The molecular formula is C48H34N2. The van der Waals surface area contributed by atoms with Crippen molar-refractivity contribution in [1.82, 2.24) is 9.13 Å². The molecule has 11 rings (SSSR count). The quantitative estimate of drug-likeness (QED) is 0.170. The lowest BCUT2D eigenvalue weighted by atomic mass is 9.93. The Bertz CT molecular complexity index is 3020. The van der Waals surface area contributed by atoms with E-state index in [1.54, 1.807) is 0 Å². The van der Waals surface area contributed by atoms with Crippen LogP contribution in [0.2, 0.25) is 0 Å². The molecule has 0 saturated heterocycles. The standard InChI is InChI=1S/C48H34N2/c1-2-16-37-35(14-1)36-15-3-4-17-38(36)43-30-34(25-26-39(37)43)50-47-23-10-7-20-42(47)44-29-32(24-27-48(44)50)31-12-11-13-33(28-31)49-45-21-8-5-18-40(45)41-19-6-9-22-46(41)49/h1-5,7-18,20-24,26-30,34H,6,19,25H2. The van der Waals surface area contributed by atoms with Crippen LogP contribution < -0.4 is 10.4 Å². The summed E-state index contributed by atoms with van der Waals surface area (Å²) in [7, 11) is 0. The van der Waals surface area contributed by atoms with Gasteiger partial charge in [0.25, 0.3) is 0 Å². The van der Waals surface area contributed by atoms with E-state index < -0.39 is 0 Å². The fourth-order valence-electron chi connectivity index (χ4n) is 9.10. The predicted molar refractivity (Wildman–Crippen MR) is 212 cm³/mol. The topological polar surface area (TPSA) is 9.86 Å². The monoisotopic (exact) mass is 638 g/mol. The minimum atomic E-state index is 0.213. The average molecular weight is 639 g/mol. The largest absolute Gasteiger partial charge is 0.333 e. The molecule has 0 saturated carbocycles. The number of aryl methyl sites for hydroxylation is 1. The van der Waals surface area contributed by atoms with Crippen molar-refractivity contribution in [1.29, 1.82) is 0 Å². The second-order valence-corrected chi connectivity index (χ2v) is 13.9. The number of rotatable bonds is 3. The number of fused-ring (bicyclic) bond motifs is 12. The Morgan fingerprint density at radius 2 is 1.16 bits per heavy atom. The minimum absolute atomic E-state index is 0.213. The van der Waals surface area contributed by atoms with Crippen molar-refractivity contribution in [3.63, 3.8) is 0 Å². The zero-order valence-corrected chi connectivity index (χ0v) is 27.7. The van der Waals surface area contributed by atoms with E-state index in [-0.39, 0.29) is 6.04 Å². The third-order valence-electron chi connectivity index (χ3n) is 11.3. The Morgan fingerprint density at radius 1 is 0.500 bits per heavy atom. The van der Waals surface area contributed by atoms with Gasteiger partial charge in [-0.25, -0.2) is 0 Å².